The Morgan fingerprint density at radius 3 is 2.27 bits per heavy atom. The van der Waals surface area contributed by atoms with Gasteiger partial charge in [0.25, 0.3) is 0 Å². The second kappa shape index (κ2) is 7.80. The fourth-order valence-electron chi connectivity index (χ4n) is 2.25. The summed E-state index contributed by atoms with van der Waals surface area (Å²) >= 11 is 0. The normalized spacial score (nSPS) is 12.2. The Morgan fingerprint density at radius 1 is 1.09 bits per heavy atom. The molecule has 0 amide bonds. The van der Waals surface area contributed by atoms with Gasteiger partial charge in [-0.3, -0.25) is 0 Å². The van der Waals surface area contributed by atoms with E-state index in [0.717, 1.165) is 18.5 Å². The molecule has 0 unspecified atom stereocenters. The van der Waals surface area contributed by atoms with Crippen molar-refractivity contribution in [3.8, 4) is 11.5 Å². The third-order valence-corrected chi connectivity index (χ3v) is 4.40. The summed E-state index contributed by atoms with van der Waals surface area (Å²) in [5.41, 5.74) is 1.13. The number of hydrogen-bond donors (Lipinski definition) is 0. The largest absolute Gasteiger partial charge is 0.748 e. The summed E-state index contributed by atoms with van der Waals surface area (Å²) in [6.07, 6.45) is 1.21. The molecule has 0 saturated carbocycles. The molecule has 0 aliphatic rings. The molecular formula is C15H25NO5S. The van der Waals surface area contributed by atoms with Crippen LogP contribution >= 0.6 is 0 Å². The molecule has 1 aromatic carbocycles. The van der Waals surface area contributed by atoms with E-state index in [9.17, 15) is 13.0 Å². The Kier molecular flexibility index (Phi) is 6.65. The maximum absolute atomic E-state index is 10.6. The number of methoxy groups -OCH3 is 2. The van der Waals surface area contributed by atoms with Crippen molar-refractivity contribution in [3.05, 3.63) is 23.8 Å². The molecule has 6 nitrogen and oxygen atoms in total. The number of ether oxygens (including phenoxy) is 2. The average Bonchev–Trinajstić information content (AvgIpc) is 2.43. The van der Waals surface area contributed by atoms with E-state index in [1.54, 1.807) is 14.2 Å². The van der Waals surface area contributed by atoms with E-state index in [1.165, 1.54) is 0 Å². The summed E-state index contributed by atoms with van der Waals surface area (Å²) in [7, 11) is 3.13. The van der Waals surface area contributed by atoms with E-state index in [-0.39, 0.29) is 5.75 Å². The van der Waals surface area contributed by atoms with Crippen molar-refractivity contribution >= 4 is 10.1 Å². The first-order valence-corrected chi connectivity index (χ1v) is 8.71. The van der Waals surface area contributed by atoms with Crippen LogP contribution in [0.5, 0.6) is 11.5 Å². The number of likely N-dealkylation sites (N-methyl/N-ethyl adjacent to an activating group) is 1. The van der Waals surface area contributed by atoms with E-state index in [4.69, 9.17) is 9.47 Å². The van der Waals surface area contributed by atoms with Gasteiger partial charge < -0.3 is 18.5 Å². The Morgan fingerprint density at radius 2 is 1.73 bits per heavy atom. The summed E-state index contributed by atoms with van der Waals surface area (Å²) in [6.45, 7) is 1.49. The summed E-state index contributed by atoms with van der Waals surface area (Å²) in [4.78, 5) is 0. The van der Waals surface area contributed by atoms with Crippen molar-refractivity contribution in [1.82, 2.24) is 0 Å². The smallest absolute Gasteiger partial charge is 0.160 e. The van der Waals surface area contributed by atoms with Gasteiger partial charge in [0.1, 0.15) is 0 Å². The lowest BCUT2D eigenvalue weighted by atomic mass is 10.1. The van der Waals surface area contributed by atoms with Gasteiger partial charge in [-0.05, 0) is 17.7 Å². The summed E-state index contributed by atoms with van der Waals surface area (Å²) in [6, 6.07) is 5.81. The summed E-state index contributed by atoms with van der Waals surface area (Å²) in [5.74, 6) is 1.09. The second-order valence-corrected chi connectivity index (χ2v) is 7.46. The molecule has 22 heavy (non-hydrogen) atoms. The van der Waals surface area contributed by atoms with Crippen LogP contribution < -0.4 is 9.47 Å². The monoisotopic (exact) mass is 331 g/mol. The topological polar surface area (TPSA) is 75.7 Å². The Labute approximate surface area is 133 Å². The average molecular weight is 331 g/mol. The predicted octanol–water partition coefficient (Wildman–Crippen LogP) is 1.26. The molecule has 0 N–H and O–H groups in total. The minimum atomic E-state index is -4.12. The van der Waals surface area contributed by atoms with E-state index >= 15 is 0 Å². The first-order chi connectivity index (χ1) is 10.2. The molecule has 0 saturated heterocycles. The van der Waals surface area contributed by atoms with Crippen LogP contribution in [0.25, 0.3) is 0 Å². The van der Waals surface area contributed by atoms with Crippen LogP contribution in [-0.4, -0.2) is 64.6 Å². The zero-order valence-electron chi connectivity index (χ0n) is 13.7. The van der Waals surface area contributed by atoms with Gasteiger partial charge >= 0.3 is 0 Å². The molecule has 0 fully saturated rings. The van der Waals surface area contributed by atoms with Gasteiger partial charge in [0.05, 0.1) is 51.5 Å². The highest BCUT2D eigenvalue weighted by atomic mass is 32.2. The first kappa shape index (κ1) is 18.7. The quantitative estimate of drug-likeness (QED) is 0.503. The van der Waals surface area contributed by atoms with Gasteiger partial charge in [-0.25, -0.2) is 8.42 Å². The first-order valence-electron chi connectivity index (χ1n) is 7.13. The Hall–Kier alpha value is -1.31. The van der Waals surface area contributed by atoms with Gasteiger partial charge in [0.2, 0.25) is 0 Å². The maximum Gasteiger partial charge on any atom is 0.160 e. The Bertz CT molecular complexity index is 584. The summed E-state index contributed by atoms with van der Waals surface area (Å²) in [5, 5.41) is 0. The van der Waals surface area contributed by atoms with Crippen molar-refractivity contribution in [2.45, 2.75) is 12.8 Å². The fourth-order valence-corrected chi connectivity index (χ4v) is 2.73. The van der Waals surface area contributed by atoms with Crippen LogP contribution in [0.15, 0.2) is 18.2 Å². The molecule has 0 radical (unpaired) electrons. The predicted molar refractivity (Wildman–Crippen MR) is 84.3 cm³/mol. The molecule has 1 rings (SSSR count). The lowest BCUT2D eigenvalue weighted by molar-refractivity contribution is -0.890. The van der Waals surface area contributed by atoms with E-state index < -0.39 is 10.1 Å². The van der Waals surface area contributed by atoms with E-state index in [1.807, 2.05) is 32.3 Å². The van der Waals surface area contributed by atoms with Crippen LogP contribution in [-0.2, 0) is 16.5 Å². The second-order valence-electron chi connectivity index (χ2n) is 5.94. The molecule has 0 atom stereocenters. The molecule has 0 bridgehead atoms. The maximum atomic E-state index is 10.6. The van der Waals surface area contributed by atoms with Gasteiger partial charge in [0.15, 0.2) is 11.5 Å². The van der Waals surface area contributed by atoms with Gasteiger partial charge in [-0.2, -0.15) is 0 Å². The number of rotatable bonds is 9. The number of nitrogens with zero attached hydrogens (tertiary/aromatic N) is 1. The third kappa shape index (κ3) is 6.64. The molecule has 1 aromatic rings. The lowest BCUT2D eigenvalue weighted by Crippen LogP contribution is -2.42. The zero-order chi connectivity index (χ0) is 16.8. The van der Waals surface area contributed by atoms with Crippen molar-refractivity contribution in [3.63, 3.8) is 0 Å². The molecule has 126 valence electrons. The molecule has 0 heterocycles. The van der Waals surface area contributed by atoms with Crippen molar-refractivity contribution in [1.29, 1.82) is 0 Å². The van der Waals surface area contributed by atoms with Crippen LogP contribution in [0.3, 0.4) is 0 Å². The number of benzene rings is 1. The lowest BCUT2D eigenvalue weighted by Gasteiger charge is -2.30. The molecular weight excluding hydrogens is 306 g/mol. The Balaban J connectivity index is 2.57. The SMILES string of the molecule is COc1ccc(CC[N+](C)(C)CCCS(=O)(=O)[O-])cc1OC. The van der Waals surface area contributed by atoms with Crippen molar-refractivity contribution < 1.29 is 26.9 Å². The number of quaternary nitrogens is 1. The molecule has 0 aromatic heterocycles. The van der Waals surface area contributed by atoms with Gasteiger partial charge in [-0.15, -0.1) is 0 Å². The highest BCUT2D eigenvalue weighted by molar-refractivity contribution is 7.85. The summed E-state index contributed by atoms with van der Waals surface area (Å²) < 4.78 is 43.1. The fraction of sp³-hybridized carbons (Fsp3) is 0.600. The zero-order valence-corrected chi connectivity index (χ0v) is 14.5. The highest BCUT2D eigenvalue weighted by Gasteiger charge is 2.16. The minimum absolute atomic E-state index is 0.301. The van der Waals surface area contributed by atoms with Crippen molar-refractivity contribution in [2.24, 2.45) is 0 Å². The molecule has 0 aliphatic carbocycles. The highest BCUT2D eigenvalue weighted by Crippen LogP contribution is 2.27. The van der Waals surface area contributed by atoms with Crippen LogP contribution in [0.2, 0.25) is 0 Å². The van der Waals surface area contributed by atoms with Crippen LogP contribution in [0.1, 0.15) is 12.0 Å². The van der Waals surface area contributed by atoms with E-state index in [0.29, 0.717) is 28.9 Å². The van der Waals surface area contributed by atoms with Crippen LogP contribution in [0.4, 0.5) is 0 Å². The molecule has 0 spiro atoms. The minimum Gasteiger partial charge on any atom is -0.748 e. The van der Waals surface area contributed by atoms with Gasteiger partial charge in [-0.1, -0.05) is 6.07 Å². The van der Waals surface area contributed by atoms with Crippen LogP contribution in [0, 0.1) is 0 Å². The number of hydrogen-bond acceptors (Lipinski definition) is 5. The van der Waals surface area contributed by atoms with Crippen molar-refractivity contribution in [2.75, 3.05) is 47.2 Å². The third-order valence-electron chi connectivity index (χ3n) is 3.61. The standard InChI is InChI=1S/C15H25NO5S/c1-16(2,9-5-11-22(17,18)19)10-8-13-6-7-14(20-3)15(12-13)21-4/h6-7,12H,5,8-11H2,1-4H3. The molecule has 0 aliphatic heterocycles. The van der Waals surface area contributed by atoms with Gasteiger partial charge in [0, 0.05) is 18.6 Å². The van der Waals surface area contributed by atoms with E-state index in [2.05, 4.69) is 0 Å². The molecule has 7 heteroatoms.